The highest BCUT2D eigenvalue weighted by Gasteiger charge is 2.17. The number of nitrogens with zero attached hydrogens (tertiary/aromatic N) is 1. The standard InChI is InChI=1S/C13H15N3O3/c17-7-10(8-18)15-13(19)11-6-14-16-12(11)9-4-2-1-3-5-9/h1-6,10,17-18H,7-8H2,(H,14,16)(H,15,19). The zero-order valence-corrected chi connectivity index (χ0v) is 10.2. The molecule has 19 heavy (non-hydrogen) atoms. The second-order valence-electron chi connectivity index (χ2n) is 4.06. The minimum atomic E-state index is -0.675. The average Bonchev–Trinajstić information content (AvgIpc) is 2.95. The number of aromatic amines is 1. The molecule has 2 rings (SSSR count). The second kappa shape index (κ2) is 6.12. The molecular weight excluding hydrogens is 246 g/mol. The molecule has 1 amide bonds. The Hall–Kier alpha value is -2.18. The summed E-state index contributed by atoms with van der Waals surface area (Å²) in [4.78, 5) is 12.0. The van der Waals surface area contributed by atoms with Gasteiger partial charge in [-0.3, -0.25) is 9.89 Å². The van der Waals surface area contributed by atoms with Crippen LogP contribution in [0, 0.1) is 0 Å². The third-order valence-corrected chi connectivity index (χ3v) is 2.72. The quantitative estimate of drug-likeness (QED) is 0.616. The fraction of sp³-hybridized carbons (Fsp3) is 0.231. The van der Waals surface area contributed by atoms with E-state index in [9.17, 15) is 4.79 Å². The Bertz CT molecular complexity index is 535. The van der Waals surface area contributed by atoms with Crippen molar-refractivity contribution in [2.75, 3.05) is 13.2 Å². The maximum Gasteiger partial charge on any atom is 0.255 e. The summed E-state index contributed by atoms with van der Waals surface area (Å²) in [7, 11) is 0. The largest absolute Gasteiger partial charge is 0.394 e. The van der Waals surface area contributed by atoms with E-state index in [1.807, 2.05) is 30.3 Å². The number of aliphatic hydroxyl groups excluding tert-OH is 2. The number of hydrogen-bond acceptors (Lipinski definition) is 4. The molecule has 1 aromatic carbocycles. The summed E-state index contributed by atoms with van der Waals surface area (Å²) in [5.74, 6) is -0.388. The van der Waals surface area contributed by atoms with E-state index in [1.165, 1.54) is 6.20 Å². The predicted molar refractivity (Wildman–Crippen MR) is 69.4 cm³/mol. The van der Waals surface area contributed by atoms with E-state index in [1.54, 1.807) is 0 Å². The fourth-order valence-corrected chi connectivity index (χ4v) is 1.70. The summed E-state index contributed by atoms with van der Waals surface area (Å²) in [6.45, 7) is -0.637. The summed E-state index contributed by atoms with van der Waals surface area (Å²) in [6.07, 6.45) is 1.42. The van der Waals surface area contributed by atoms with Crippen molar-refractivity contribution in [3.05, 3.63) is 42.1 Å². The number of amides is 1. The number of benzene rings is 1. The van der Waals surface area contributed by atoms with Crippen LogP contribution in [0.2, 0.25) is 0 Å². The van der Waals surface area contributed by atoms with Crippen LogP contribution in [-0.2, 0) is 0 Å². The minimum absolute atomic E-state index is 0.319. The first-order valence-electron chi connectivity index (χ1n) is 5.87. The predicted octanol–water partition coefficient (Wildman–Crippen LogP) is 0.160. The summed E-state index contributed by atoms with van der Waals surface area (Å²) in [5, 5.41) is 27.1. The Labute approximate surface area is 110 Å². The van der Waals surface area contributed by atoms with Gasteiger partial charge in [0.1, 0.15) is 0 Å². The Balaban J connectivity index is 2.23. The molecule has 6 nitrogen and oxygen atoms in total. The van der Waals surface area contributed by atoms with Crippen molar-refractivity contribution in [3.63, 3.8) is 0 Å². The highest BCUT2D eigenvalue weighted by atomic mass is 16.3. The molecular formula is C13H15N3O3. The van der Waals surface area contributed by atoms with Crippen LogP contribution in [0.3, 0.4) is 0 Å². The molecule has 1 aromatic heterocycles. The molecule has 4 N–H and O–H groups in total. The van der Waals surface area contributed by atoms with Crippen LogP contribution in [0.1, 0.15) is 10.4 Å². The van der Waals surface area contributed by atoms with Crippen molar-refractivity contribution in [1.29, 1.82) is 0 Å². The zero-order chi connectivity index (χ0) is 13.7. The molecule has 0 saturated carbocycles. The van der Waals surface area contributed by atoms with E-state index in [0.717, 1.165) is 5.56 Å². The number of rotatable bonds is 5. The number of carbonyl (C=O) groups is 1. The number of nitrogens with one attached hydrogen (secondary N) is 2. The van der Waals surface area contributed by atoms with Crippen molar-refractivity contribution in [2.45, 2.75) is 6.04 Å². The summed E-state index contributed by atoms with van der Waals surface area (Å²) < 4.78 is 0. The van der Waals surface area contributed by atoms with E-state index < -0.39 is 6.04 Å². The fourth-order valence-electron chi connectivity index (χ4n) is 1.70. The van der Waals surface area contributed by atoms with Crippen LogP contribution in [0.4, 0.5) is 0 Å². The summed E-state index contributed by atoms with van der Waals surface area (Å²) in [6, 6.07) is 8.66. The SMILES string of the molecule is O=C(NC(CO)CO)c1cn[nH]c1-c1ccccc1. The molecule has 0 radical (unpaired) electrons. The lowest BCUT2D eigenvalue weighted by atomic mass is 10.1. The van der Waals surface area contributed by atoms with Gasteiger partial charge in [0.25, 0.3) is 5.91 Å². The smallest absolute Gasteiger partial charge is 0.255 e. The Morgan fingerprint density at radius 2 is 1.95 bits per heavy atom. The van der Waals surface area contributed by atoms with Gasteiger partial charge in [0.2, 0.25) is 0 Å². The third kappa shape index (κ3) is 2.98. The number of carbonyl (C=O) groups excluding carboxylic acids is 1. The molecule has 0 aliphatic rings. The van der Waals surface area contributed by atoms with Crippen LogP contribution in [0.15, 0.2) is 36.5 Å². The molecule has 100 valence electrons. The van der Waals surface area contributed by atoms with Crippen LogP contribution in [-0.4, -0.2) is 45.6 Å². The highest BCUT2D eigenvalue weighted by Crippen LogP contribution is 2.20. The third-order valence-electron chi connectivity index (χ3n) is 2.72. The second-order valence-corrected chi connectivity index (χ2v) is 4.06. The Morgan fingerprint density at radius 3 is 2.58 bits per heavy atom. The topological polar surface area (TPSA) is 98.2 Å². The monoisotopic (exact) mass is 261 g/mol. The van der Waals surface area contributed by atoms with Gasteiger partial charge >= 0.3 is 0 Å². The van der Waals surface area contributed by atoms with Gasteiger partial charge in [0.05, 0.1) is 36.7 Å². The normalized spacial score (nSPS) is 10.7. The molecule has 0 aliphatic heterocycles. The molecule has 0 bridgehead atoms. The number of aliphatic hydroxyl groups is 2. The van der Waals surface area contributed by atoms with Gasteiger partial charge in [0, 0.05) is 5.56 Å². The highest BCUT2D eigenvalue weighted by molar-refractivity contribution is 5.99. The number of hydrogen-bond donors (Lipinski definition) is 4. The lowest BCUT2D eigenvalue weighted by Crippen LogP contribution is -2.40. The maximum absolute atomic E-state index is 12.0. The van der Waals surface area contributed by atoms with Gasteiger partial charge < -0.3 is 15.5 Å². The molecule has 0 fully saturated rings. The van der Waals surface area contributed by atoms with Crippen molar-refractivity contribution < 1.29 is 15.0 Å². The molecule has 0 spiro atoms. The molecule has 0 atom stereocenters. The van der Waals surface area contributed by atoms with Crippen LogP contribution >= 0.6 is 0 Å². The van der Waals surface area contributed by atoms with Crippen molar-refractivity contribution >= 4 is 5.91 Å². The van der Waals surface area contributed by atoms with E-state index in [0.29, 0.717) is 11.3 Å². The van der Waals surface area contributed by atoms with Crippen molar-refractivity contribution in [1.82, 2.24) is 15.5 Å². The zero-order valence-electron chi connectivity index (χ0n) is 10.2. The first-order valence-corrected chi connectivity index (χ1v) is 5.87. The average molecular weight is 261 g/mol. The molecule has 0 unspecified atom stereocenters. The van der Waals surface area contributed by atoms with E-state index in [2.05, 4.69) is 15.5 Å². The number of H-pyrrole nitrogens is 1. The Morgan fingerprint density at radius 1 is 1.26 bits per heavy atom. The van der Waals surface area contributed by atoms with Gasteiger partial charge in [-0.15, -0.1) is 0 Å². The van der Waals surface area contributed by atoms with E-state index in [4.69, 9.17) is 10.2 Å². The maximum atomic E-state index is 12.0. The van der Waals surface area contributed by atoms with Gasteiger partial charge in [-0.05, 0) is 0 Å². The molecule has 6 heteroatoms. The van der Waals surface area contributed by atoms with E-state index >= 15 is 0 Å². The summed E-state index contributed by atoms with van der Waals surface area (Å²) >= 11 is 0. The first-order chi connectivity index (χ1) is 9.26. The van der Waals surface area contributed by atoms with Crippen LogP contribution in [0.5, 0.6) is 0 Å². The van der Waals surface area contributed by atoms with Gasteiger partial charge in [-0.25, -0.2) is 0 Å². The molecule has 0 aliphatic carbocycles. The molecule has 0 saturated heterocycles. The van der Waals surface area contributed by atoms with Crippen LogP contribution in [0.25, 0.3) is 11.3 Å². The Kier molecular flexibility index (Phi) is 4.27. The van der Waals surface area contributed by atoms with Crippen LogP contribution < -0.4 is 5.32 Å². The first kappa shape index (κ1) is 13.3. The lowest BCUT2D eigenvalue weighted by molar-refractivity contribution is 0.0880. The number of aromatic nitrogens is 2. The van der Waals surface area contributed by atoms with Crippen molar-refractivity contribution in [3.8, 4) is 11.3 Å². The molecule has 1 heterocycles. The van der Waals surface area contributed by atoms with Gasteiger partial charge in [-0.1, -0.05) is 30.3 Å². The summed E-state index contributed by atoms with van der Waals surface area (Å²) in [5.41, 5.74) is 1.82. The molecule has 2 aromatic rings. The van der Waals surface area contributed by atoms with E-state index in [-0.39, 0.29) is 19.1 Å². The van der Waals surface area contributed by atoms with Crippen molar-refractivity contribution in [2.24, 2.45) is 0 Å². The minimum Gasteiger partial charge on any atom is -0.394 e. The lowest BCUT2D eigenvalue weighted by Gasteiger charge is -2.13. The van der Waals surface area contributed by atoms with Gasteiger partial charge in [-0.2, -0.15) is 5.10 Å². The van der Waals surface area contributed by atoms with Gasteiger partial charge in [0.15, 0.2) is 0 Å².